The van der Waals surface area contributed by atoms with Crippen LogP contribution in [0.4, 0.5) is 4.79 Å². The molecule has 0 radical (unpaired) electrons. The minimum absolute atomic E-state index is 0.0505. The van der Waals surface area contributed by atoms with Gasteiger partial charge in [-0.1, -0.05) is 24.3 Å². The molecule has 166 valence electrons. The molecular weight excluding hydrogens is 438 g/mol. The lowest BCUT2D eigenvalue weighted by atomic mass is 10.1. The van der Waals surface area contributed by atoms with Crippen molar-refractivity contribution in [3.05, 3.63) is 64.1 Å². The summed E-state index contributed by atoms with van der Waals surface area (Å²) in [5, 5.41) is 10.4. The monoisotopic (exact) mass is 456 g/mol. The van der Waals surface area contributed by atoms with Crippen molar-refractivity contribution in [2.24, 2.45) is 0 Å². The highest BCUT2D eigenvalue weighted by atomic mass is 32.2. The molecule has 1 fully saturated rings. The van der Waals surface area contributed by atoms with Crippen LogP contribution < -0.4 is 14.6 Å². The van der Waals surface area contributed by atoms with Crippen LogP contribution in [0.15, 0.2) is 47.4 Å². The molecule has 32 heavy (non-hydrogen) atoms. The number of hydrogen-bond acceptors (Lipinski definition) is 9. The van der Waals surface area contributed by atoms with Crippen molar-refractivity contribution in [1.82, 2.24) is 4.90 Å². The molecule has 1 aliphatic rings. The predicted octanol–water partition coefficient (Wildman–Crippen LogP) is 1.85. The maximum Gasteiger partial charge on any atom is 0.325 e. The minimum Gasteiger partial charge on any atom is -0.545 e. The van der Waals surface area contributed by atoms with Gasteiger partial charge < -0.3 is 24.1 Å². The summed E-state index contributed by atoms with van der Waals surface area (Å²) >= 11 is 0.724. The van der Waals surface area contributed by atoms with E-state index in [0.717, 1.165) is 16.7 Å². The Kier molecular flexibility index (Phi) is 7.16. The van der Waals surface area contributed by atoms with Crippen LogP contribution in [-0.4, -0.2) is 48.7 Å². The van der Waals surface area contributed by atoms with Gasteiger partial charge >= 0.3 is 5.97 Å². The second-order valence-electron chi connectivity index (χ2n) is 6.53. The fourth-order valence-corrected chi connectivity index (χ4v) is 3.66. The number of benzene rings is 2. The second kappa shape index (κ2) is 10.0. The molecule has 0 N–H and O–H groups in total. The summed E-state index contributed by atoms with van der Waals surface area (Å²) in [6.45, 7) is -0.350. The van der Waals surface area contributed by atoms with Gasteiger partial charge in [-0.2, -0.15) is 0 Å². The molecular formula is C22H18NO8S-. The first-order chi connectivity index (χ1) is 15.3. The SMILES string of the molecule is COC(=O)CN1C(=O)S/C(=C/c2ccc(OCc3cccc(C(=O)[O-])c3)c(OC)c2)C1=O. The van der Waals surface area contributed by atoms with E-state index in [2.05, 4.69) is 4.74 Å². The molecule has 0 aliphatic carbocycles. The number of thioether (sulfide) groups is 1. The summed E-state index contributed by atoms with van der Waals surface area (Å²) in [5.74, 6) is -1.77. The van der Waals surface area contributed by atoms with Crippen molar-refractivity contribution in [2.75, 3.05) is 20.8 Å². The molecule has 0 bridgehead atoms. The lowest BCUT2D eigenvalue weighted by molar-refractivity contribution is -0.255. The van der Waals surface area contributed by atoms with E-state index in [1.54, 1.807) is 30.3 Å². The number of amides is 2. The van der Waals surface area contributed by atoms with Gasteiger partial charge in [-0.25, -0.2) is 0 Å². The van der Waals surface area contributed by atoms with Crippen molar-refractivity contribution >= 4 is 40.9 Å². The summed E-state index contributed by atoms with van der Waals surface area (Å²) in [4.78, 5) is 47.8. The zero-order chi connectivity index (χ0) is 23.3. The Morgan fingerprint density at radius 2 is 1.88 bits per heavy atom. The molecule has 3 rings (SSSR count). The van der Waals surface area contributed by atoms with Gasteiger partial charge in [0.15, 0.2) is 11.5 Å². The maximum absolute atomic E-state index is 12.4. The van der Waals surface area contributed by atoms with Crippen LogP contribution >= 0.6 is 11.8 Å². The number of carbonyl (C=O) groups excluding carboxylic acids is 4. The summed E-state index contributed by atoms with van der Waals surface area (Å²) in [5.41, 5.74) is 1.27. The fourth-order valence-electron chi connectivity index (χ4n) is 2.82. The van der Waals surface area contributed by atoms with Crippen molar-refractivity contribution in [1.29, 1.82) is 0 Å². The van der Waals surface area contributed by atoms with Crippen LogP contribution in [0.1, 0.15) is 21.5 Å². The zero-order valence-electron chi connectivity index (χ0n) is 17.2. The van der Waals surface area contributed by atoms with E-state index in [-0.39, 0.29) is 17.1 Å². The van der Waals surface area contributed by atoms with Gasteiger partial charge in [0.05, 0.1) is 25.1 Å². The molecule has 1 aliphatic heterocycles. The molecule has 0 spiro atoms. The minimum atomic E-state index is -1.27. The molecule has 0 aromatic heterocycles. The Morgan fingerprint density at radius 1 is 1.09 bits per heavy atom. The smallest absolute Gasteiger partial charge is 0.325 e. The average molecular weight is 456 g/mol. The number of imide groups is 1. The highest BCUT2D eigenvalue weighted by molar-refractivity contribution is 8.18. The predicted molar refractivity (Wildman–Crippen MR) is 113 cm³/mol. The van der Waals surface area contributed by atoms with E-state index < -0.39 is 29.6 Å². The van der Waals surface area contributed by atoms with Gasteiger partial charge in [-0.3, -0.25) is 19.3 Å². The highest BCUT2D eigenvalue weighted by Crippen LogP contribution is 2.34. The number of ether oxygens (including phenoxy) is 3. The molecule has 2 aromatic rings. The third kappa shape index (κ3) is 5.27. The molecule has 2 aromatic carbocycles. The topological polar surface area (TPSA) is 122 Å². The second-order valence-corrected chi connectivity index (χ2v) is 7.52. The van der Waals surface area contributed by atoms with Crippen LogP contribution in [0.2, 0.25) is 0 Å². The van der Waals surface area contributed by atoms with Gasteiger partial charge in [-0.15, -0.1) is 0 Å². The highest BCUT2D eigenvalue weighted by Gasteiger charge is 2.36. The van der Waals surface area contributed by atoms with Gasteiger partial charge in [0, 0.05) is 0 Å². The maximum atomic E-state index is 12.4. The molecule has 9 nitrogen and oxygen atoms in total. The number of methoxy groups -OCH3 is 2. The Hall–Kier alpha value is -3.79. The lowest BCUT2D eigenvalue weighted by Gasteiger charge is -2.12. The van der Waals surface area contributed by atoms with E-state index >= 15 is 0 Å². The first kappa shape index (κ1) is 22.9. The number of carboxylic acid groups (broad SMARTS) is 1. The normalized spacial score (nSPS) is 14.6. The number of carboxylic acids is 1. The number of carbonyl (C=O) groups is 4. The van der Waals surface area contributed by atoms with Gasteiger partial charge in [0.1, 0.15) is 13.2 Å². The van der Waals surface area contributed by atoms with E-state index in [9.17, 15) is 24.3 Å². The largest absolute Gasteiger partial charge is 0.545 e. The molecule has 0 atom stereocenters. The van der Waals surface area contributed by atoms with E-state index in [0.29, 0.717) is 22.6 Å². The molecule has 0 unspecified atom stereocenters. The van der Waals surface area contributed by atoms with Crippen molar-refractivity contribution in [2.45, 2.75) is 6.61 Å². The lowest BCUT2D eigenvalue weighted by Crippen LogP contribution is -2.34. The average Bonchev–Trinajstić information content (AvgIpc) is 3.05. The number of esters is 1. The first-order valence-electron chi connectivity index (χ1n) is 9.25. The van der Waals surface area contributed by atoms with E-state index in [1.165, 1.54) is 32.4 Å². The first-order valence-corrected chi connectivity index (χ1v) is 10.1. The van der Waals surface area contributed by atoms with Crippen molar-refractivity contribution in [3.63, 3.8) is 0 Å². The Morgan fingerprint density at radius 3 is 2.56 bits per heavy atom. The van der Waals surface area contributed by atoms with E-state index in [4.69, 9.17) is 9.47 Å². The van der Waals surface area contributed by atoms with Gasteiger partial charge in [0.2, 0.25) is 0 Å². The summed E-state index contributed by atoms with van der Waals surface area (Å²) < 4.78 is 15.6. The molecule has 2 amide bonds. The van der Waals surface area contributed by atoms with Crippen LogP contribution in [0.5, 0.6) is 11.5 Å². The van der Waals surface area contributed by atoms with E-state index in [1.807, 2.05) is 0 Å². The third-order valence-corrected chi connectivity index (χ3v) is 5.34. The number of aromatic carboxylic acids is 1. The number of nitrogens with zero attached hydrogens (tertiary/aromatic N) is 1. The number of rotatable bonds is 8. The molecule has 1 heterocycles. The summed E-state index contributed by atoms with van der Waals surface area (Å²) in [7, 11) is 2.63. The quantitative estimate of drug-likeness (QED) is 0.432. The van der Waals surface area contributed by atoms with Gasteiger partial charge in [0.25, 0.3) is 11.1 Å². The van der Waals surface area contributed by atoms with Crippen LogP contribution in [0.3, 0.4) is 0 Å². The molecule has 10 heteroatoms. The Bertz CT molecular complexity index is 1110. The molecule has 1 saturated heterocycles. The van der Waals surface area contributed by atoms with Crippen LogP contribution in [-0.2, 0) is 20.9 Å². The van der Waals surface area contributed by atoms with Crippen LogP contribution in [0, 0.1) is 0 Å². The Labute approximate surface area is 187 Å². The molecule has 0 saturated carbocycles. The fraction of sp³-hybridized carbons (Fsp3) is 0.182. The summed E-state index contributed by atoms with van der Waals surface area (Å²) in [6, 6.07) is 11.1. The summed E-state index contributed by atoms with van der Waals surface area (Å²) in [6.07, 6.45) is 1.51. The Balaban J connectivity index is 1.75. The number of hydrogen-bond donors (Lipinski definition) is 0. The third-order valence-electron chi connectivity index (χ3n) is 4.43. The van der Waals surface area contributed by atoms with Crippen LogP contribution in [0.25, 0.3) is 6.08 Å². The van der Waals surface area contributed by atoms with Crippen molar-refractivity contribution in [3.8, 4) is 11.5 Å². The van der Waals surface area contributed by atoms with Gasteiger partial charge in [-0.05, 0) is 52.7 Å². The zero-order valence-corrected chi connectivity index (χ0v) is 18.0. The standard InChI is InChI=1S/C22H19NO8S/c1-29-17-9-13(10-18-20(25)23(22(28)32-18)11-19(24)30-2)6-7-16(17)31-12-14-4-3-5-15(8-14)21(26)27/h3-10H,11-12H2,1-2H3,(H,26,27)/p-1/b18-10+. The van der Waals surface area contributed by atoms with Crippen molar-refractivity contribution < 1.29 is 38.5 Å².